The Balaban J connectivity index is 2.11. The molecule has 0 radical (unpaired) electrons. The normalized spacial score (nSPS) is 21.4. The Morgan fingerprint density at radius 2 is 1.93 bits per heavy atom. The van der Waals surface area contributed by atoms with E-state index in [9.17, 15) is 0 Å². The number of rotatable bonds is 8. The summed E-state index contributed by atoms with van der Waals surface area (Å²) in [7, 11) is 1.76. The second-order valence-electron chi connectivity index (χ2n) is 7.60. The Morgan fingerprint density at radius 3 is 2.54 bits per heavy atom. The van der Waals surface area contributed by atoms with Gasteiger partial charge in [0, 0.05) is 25.8 Å². The van der Waals surface area contributed by atoms with Crippen LogP contribution in [0.4, 0.5) is 0 Å². The van der Waals surface area contributed by atoms with Crippen molar-refractivity contribution in [2.24, 2.45) is 5.92 Å². The second-order valence-corrected chi connectivity index (χ2v) is 7.60. The number of allylic oxidation sites excluding steroid dienone is 2. The number of hydrogen-bond donors (Lipinski definition) is 0. The molecule has 0 aromatic heterocycles. The summed E-state index contributed by atoms with van der Waals surface area (Å²) in [6.07, 6.45) is 4.56. The Hall–Kier alpha value is -1.88. The summed E-state index contributed by atoms with van der Waals surface area (Å²) >= 11 is 0. The molecule has 0 N–H and O–H groups in total. The summed E-state index contributed by atoms with van der Waals surface area (Å²) in [5.41, 5.74) is 5.01. The van der Waals surface area contributed by atoms with E-state index in [0.29, 0.717) is 19.1 Å². The molecule has 4 nitrogen and oxygen atoms in total. The van der Waals surface area contributed by atoms with Crippen molar-refractivity contribution in [1.82, 2.24) is 4.90 Å². The van der Waals surface area contributed by atoms with Crippen molar-refractivity contribution in [3.05, 3.63) is 65.0 Å². The summed E-state index contributed by atoms with van der Waals surface area (Å²) in [6.45, 7) is 11.1. The van der Waals surface area contributed by atoms with Gasteiger partial charge < -0.3 is 14.2 Å². The summed E-state index contributed by atoms with van der Waals surface area (Å²) in [6, 6.07) is 10.8. The number of nitrogens with zero attached hydrogens (tertiary/aromatic N) is 1. The van der Waals surface area contributed by atoms with Gasteiger partial charge in [0.15, 0.2) is 0 Å². The van der Waals surface area contributed by atoms with Crippen LogP contribution in [0.5, 0.6) is 0 Å². The van der Waals surface area contributed by atoms with Crippen LogP contribution in [0.25, 0.3) is 5.57 Å². The van der Waals surface area contributed by atoms with Gasteiger partial charge in [0.2, 0.25) is 0 Å². The van der Waals surface area contributed by atoms with Crippen LogP contribution in [-0.4, -0.2) is 57.6 Å². The Kier molecular flexibility index (Phi) is 7.49. The van der Waals surface area contributed by atoms with Crippen LogP contribution < -0.4 is 0 Å². The monoisotopic (exact) mass is 383 g/mol. The molecule has 1 aliphatic carbocycles. The average Bonchev–Trinajstić information content (AvgIpc) is 3.05. The summed E-state index contributed by atoms with van der Waals surface area (Å²) in [5, 5.41) is 0. The van der Waals surface area contributed by atoms with Gasteiger partial charge in [-0.15, -0.1) is 0 Å². The topological polar surface area (TPSA) is 30.9 Å². The van der Waals surface area contributed by atoms with E-state index in [0.717, 1.165) is 32.1 Å². The van der Waals surface area contributed by atoms with E-state index in [-0.39, 0.29) is 6.04 Å². The summed E-state index contributed by atoms with van der Waals surface area (Å²) in [5.74, 6) is 1.41. The van der Waals surface area contributed by atoms with E-state index in [1.165, 1.54) is 22.3 Å². The molecule has 0 saturated carbocycles. The largest absolute Gasteiger partial charge is 0.493 e. The number of methoxy groups -OCH3 is 1. The van der Waals surface area contributed by atoms with Gasteiger partial charge in [-0.3, -0.25) is 4.90 Å². The van der Waals surface area contributed by atoms with Crippen LogP contribution in [0.2, 0.25) is 0 Å². The van der Waals surface area contributed by atoms with Crippen molar-refractivity contribution in [2.75, 3.05) is 46.6 Å². The van der Waals surface area contributed by atoms with Crippen LogP contribution in [0.3, 0.4) is 0 Å². The van der Waals surface area contributed by atoms with Crippen LogP contribution >= 0.6 is 0 Å². The van der Waals surface area contributed by atoms with E-state index in [4.69, 9.17) is 14.2 Å². The highest BCUT2D eigenvalue weighted by Crippen LogP contribution is 2.40. The highest BCUT2D eigenvalue weighted by molar-refractivity contribution is 5.84. The lowest BCUT2D eigenvalue weighted by Crippen LogP contribution is -2.45. The lowest BCUT2D eigenvalue weighted by Gasteiger charge is -2.36. The quantitative estimate of drug-likeness (QED) is 0.670. The fourth-order valence-corrected chi connectivity index (χ4v) is 4.03. The molecule has 152 valence electrons. The van der Waals surface area contributed by atoms with E-state index < -0.39 is 0 Å². The van der Waals surface area contributed by atoms with E-state index in [1.54, 1.807) is 7.11 Å². The lowest BCUT2D eigenvalue weighted by atomic mass is 9.88. The molecule has 0 amide bonds. The molecular formula is C24H33NO3. The molecule has 1 unspecified atom stereocenters. The maximum absolute atomic E-state index is 6.15. The molecule has 0 spiro atoms. The van der Waals surface area contributed by atoms with Gasteiger partial charge in [-0.1, -0.05) is 50.3 Å². The minimum Gasteiger partial charge on any atom is -0.493 e. The van der Waals surface area contributed by atoms with Gasteiger partial charge in [0.05, 0.1) is 32.5 Å². The molecule has 1 saturated heterocycles. The first kappa shape index (κ1) is 20.8. The van der Waals surface area contributed by atoms with Crippen molar-refractivity contribution in [3.63, 3.8) is 0 Å². The first-order valence-electron chi connectivity index (χ1n) is 10.3. The number of morpholine rings is 1. The van der Waals surface area contributed by atoms with E-state index in [2.05, 4.69) is 61.2 Å². The standard InChI is InChI=1S/C24H33NO3/c1-5-28-22-16-20(17-26-4)24(25-11-13-27-14-12-25)23(22)21(15-18(2)3)19-9-7-6-8-10-19/h6-10,15-16,18,24H,5,11-14,17H2,1-4H3/b21-15+. The zero-order valence-corrected chi connectivity index (χ0v) is 17.6. The molecule has 3 rings (SSSR count). The number of benzene rings is 1. The van der Waals surface area contributed by atoms with Crippen molar-refractivity contribution in [3.8, 4) is 0 Å². The van der Waals surface area contributed by atoms with Gasteiger partial charge in [-0.2, -0.15) is 0 Å². The second kappa shape index (κ2) is 10.1. The van der Waals surface area contributed by atoms with Gasteiger partial charge in [-0.05, 0) is 35.6 Å². The third-order valence-corrected chi connectivity index (χ3v) is 5.10. The zero-order valence-electron chi connectivity index (χ0n) is 17.6. The summed E-state index contributed by atoms with van der Waals surface area (Å²) < 4.78 is 17.3. The first-order valence-corrected chi connectivity index (χ1v) is 10.3. The molecule has 1 aromatic carbocycles. The fraction of sp³-hybridized carbons (Fsp3) is 0.500. The van der Waals surface area contributed by atoms with Crippen molar-refractivity contribution in [2.45, 2.75) is 26.8 Å². The summed E-state index contributed by atoms with van der Waals surface area (Å²) in [4.78, 5) is 2.51. The Bertz CT molecular complexity index is 727. The Morgan fingerprint density at radius 1 is 1.21 bits per heavy atom. The Labute approximate surface area is 169 Å². The average molecular weight is 384 g/mol. The third-order valence-electron chi connectivity index (χ3n) is 5.10. The SMILES string of the molecule is CCOC1=C(/C(=C/C(C)C)c2ccccc2)C(N2CCOCC2)C(COC)=C1. The van der Waals surface area contributed by atoms with Crippen LogP contribution in [0.1, 0.15) is 26.3 Å². The van der Waals surface area contributed by atoms with Gasteiger partial charge in [0.25, 0.3) is 0 Å². The molecule has 1 aliphatic heterocycles. The lowest BCUT2D eigenvalue weighted by molar-refractivity contribution is 0.0282. The minimum atomic E-state index is 0.163. The van der Waals surface area contributed by atoms with Gasteiger partial charge in [-0.25, -0.2) is 0 Å². The highest BCUT2D eigenvalue weighted by atomic mass is 16.5. The smallest absolute Gasteiger partial charge is 0.125 e. The molecular weight excluding hydrogens is 350 g/mol. The highest BCUT2D eigenvalue weighted by Gasteiger charge is 2.36. The molecule has 28 heavy (non-hydrogen) atoms. The predicted octanol–water partition coefficient (Wildman–Crippen LogP) is 4.30. The number of ether oxygens (including phenoxy) is 3. The molecule has 1 heterocycles. The van der Waals surface area contributed by atoms with Gasteiger partial charge >= 0.3 is 0 Å². The molecule has 0 bridgehead atoms. The number of hydrogen-bond acceptors (Lipinski definition) is 4. The first-order chi connectivity index (χ1) is 13.7. The van der Waals surface area contributed by atoms with Crippen LogP contribution in [-0.2, 0) is 14.2 Å². The maximum Gasteiger partial charge on any atom is 0.125 e. The van der Waals surface area contributed by atoms with E-state index >= 15 is 0 Å². The van der Waals surface area contributed by atoms with Crippen LogP contribution in [0.15, 0.2) is 59.4 Å². The molecule has 4 heteroatoms. The molecule has 1 fully saturated rings. The van der Waals surface area contributed by atoms with Crippen molar-refractivity contribution in [1.29, 1.82) is 0 Å². The molecule has 1 aromatic rings. The van der Waals surface area contributed by atoms with E-state index in [1.807, 2.05) is 6.92 Å². The fourth-order valence-electron chi connectivity index (χ4n) is 4.03. The third kappa shape index (κ3) is 4.75. The van der Waals surface area contributed by atoms with Crippen LogP contribution in [0, 0.1) is 5.92 Å². The zero-order chi connectivity index (χ0) is 19.9. The predicted molar refractivity (Wildman–Crippen MR) is 114 cm³/mol. The van der Waals surface area contributed by atoms with Crippen molar-refractivity contribution >= 4 is 5.57 Å². The van der Waals surface area contributed by atoms with Crippen molar-refractivity contribution < 1.29 is 14.2 Å². The van der Waals surface area contributed by atoms with Gasteiger partial charge in [0.1, 0.15) is 5.76 Å². The molecule has 1 atom stereocenters. The molecule has 2 aliphatic rings. The minimum absolute atomic E-state index is 0.163. The maximum atomic E-state index is 6.15.